The van der Waals surface area contributed by atoms with E-state index in [2.05, 4.69) is 10.6 Å². The molecule has 1 aromatic rings. The highest BCUT2D eigenvalue weighted by Gasteiger charge is 2.20. The molecule has 0 fully saturated rings. The van der Waals surface area contributed by atoms with Crippen LogP contribution in [0.3, 0.4) is 0 Å². The zero-order valence-corrected chi connectivity index (χ0v) is 11.3. The topological polar surface area (TPSA) is 78.4 Å². The Hall–Kier alpha value is -1.56. The molecule has 1 rings (SSSR count). The summed E-state index contributed by atoms with van der Waals surface area (Å²) in [6.45, 7) is 4.24. The van der Waals surface area contributed by atoms with Crippen LogP contribution < -0.4 is 10.6 Å². The van der Waals surface area contributed by atoms with Crippen molar-refractivity contribution in [1.29, 1.82) is 0 Å². The van der Waals surface area contributed by atoms with E-state index in [1.54, 1.807) is 11.3 Å². The van der Waals surface area contributed by atoms with Gasteiger partial charge in [0, 0.05) is 6.54 Å². The number of rotatable bonds is 6. The van der Waals surface area contributed by atoms with Crippen LogP contribution in [0.25, 0.3) is 0 Å². The Labute approximate surface area is 110 Å². The number of nitrogens with one attached hydrogen (secondary N) is 2. The van der Waals surface area contributed by atoms with E-state index < -0.39 is 18.0 Å². The van der Waals surface area contributed by atoms with Crippen LogP contribution >= 0.6 is 11.3 Å². The van der Waals surface area contributed by atoms with E-state index in [-0.39, 0.29) is 5.92 Å². The third-order valence-corrected chi connectivity index (χ3v) is 3.08. The standard InChI is InChI=1S/C12H18N2O3S/c1-8(2)5-10(11(15)16)14-12(17)13-6-9-3-4-18-7-9/h3-4,7-8,10H,5-6H2,1-2H3,(H,15,16)(H2,13,14,17)/t10-/m1/s1. The summed E-state index contributed by atoms with van der Waals surface area (Å²) in [5.74, 6) is -0.794. The van der Waals surface area contributed by atoms with Gasteiger partial charge in [0.25, 0.3) is 0 Å². The van der Waals surface area contributed by atoms with E-state index >= 15 is 0 Å². The monoisotopic (exact) mass is 270 g/mol. The molecule has 0 unspecified atom stereocenters. The molecule has 0 saturated heterocycles. The van der Waals surface area contributed by atoms with E-state index in [9.17, 15) is 9.59 Å². The summed E-state index contributed by atoms with van der Waals surface area (Å²) >= 11 is 1.55. The predicted octanol–water partition coefficient (Wildman–Crippen LogP) is 2.05. The third kappa shape index (κ3) is 5.18. The molecule has 0 spiro atoms. The van der Waals surface area contributed by atoms with E-state index in [4.69, 9.17) is 5.11 Å². The minimum absolute atomic E-state index is 0.211. The van der Waals surface area contributed by atoms with Gasteiger partial charge in [-0.3, -0.25) is 0 Å². The second kappa shape index (κ2) is 7.00. The molecule has 0 radical (unpaired) electrons. The van der Waals surface area contributed by atoms with Crippen LogP contribution in [0.1, 0.15) is 25.8 Å². The fourth-order valence-corrected chi connectivity index (χ4v) is 2.15. The van der Waals surface area contributed by atoms with Gasteiger partial charge < -0.3 is 15.7 Å². The van der Waals surface area contributed by atoms with Gasteiger partial charge >= 0.3 is 12.0 Å². The fourth-order valence-electron chi connectivity index (χ4n) is 1.48. The van der Waals surface area contributed by atoms with Crippen molar-refractivity contribution in [1.82, 2.24) is 10.6 Å². The average Bonchev–Trinajstić information content (AvgIpc) is 2.77. The van der Waals surface area contributed by atoms with Crippen molar-refractivity contribution in [2.24, 2.45) is 5.92 Å². The molecule has 100 valence electrons. The number of carboxylic acids is 1. The summed E-state index contributed by atoms with van der Waals surface area (Å²) in [6.07, 6.45) is 0.418. The van der Waals surface area contributed by atoms with Gasteiger partial charge in [-0.15, -0.1) is 0 Å². The first kappa shape index (κ1) is 14.5. The van der Waals surface area contributed by atoms with E-state index in [0.717, 1.165) is 5.56 Å². The van der Waals surface area contributed by atoms with Crippen molar-refractivity contribution in [3.63, 3.8) is 0 Å². The van der Waals surface area contributed by atoms with E-state index in [1.165, 1.54) is 0 Å². The Balaban J connectivity index is 2.39. The Kier molecular flexibility index (Phi) is 5.64. The minimum Gasteiger partial charge on any atom is -0.480 e. The Morgan fingerprint density at radius 3 is 2.67 bits per heavy atom. The number of hydrogen-bond acceptors (Lipinski definition) is 3. The van der Waals surface area contributed by atoms with Crippen LogP contribution in [0, 0.1) is 5.92 Å². The lowest BCUT2D eigenvalue weighted by Gasteiger charge is -2.16. The number of aliphatic carboxylic acids is 1. The molecule has 0 aliphatic heterocycles. The van der Waals surface area contributed by atoms with Crippen molar-refractivity contribution in [3.05, 3.63) is 22.4 Å². The number of thiophene rings is 1. The molecule has 18 heavy (non-hydrogen) atoms. The first-order valence-electron chi connectivity index (χ1n) is 5.77. The molecule has 0 aliphatic rings. The number of hydrogen-bond donors (Lipinski definition) is 3. The summed E-state index contributed by atoms with van der Waals surface area (Å²) in [5, 5.41) is 17.9. The van der Waals surface area contributed by atoms with Crippen LogP contribution in [0.2, 0.25) is 0 Å². The quantitative estimate of drug-likeness (QED) is 0.740. The smallest absolute Gasteiger partial charge is 0.326 e. The number of carbonyl (C=O) groups excluding carboxylic acids is 1. The average molecular weight is 270 g/mol. The van der Waals surface area contributed by atoms with Crippen molar-refractivity contribution in [2.45, 2.75) is 32.9 Å². The Morgan fingerprint density at radius 1 is 1.44 bits per heavy atom. The largest absolute Gasteiger partial charge is 0.480 e. The summed E-state index contributed by atoms with van der Waals surface area (Å²) in [5.41, 5.74) is 1.01. The van der Waals surface area contributed by atoms with Crippen molar-refractivity contribution < 1.29 is 14.7 Å². The molecule has 6 heteroatoms. The summed E-state index contributed by atoms with van der Waals surface area (Å²) in [4.78, 5) is 22.5. The highest BCUT2D eigenvalue weighted by Crippen LogP contribution is 2.06. The number of amides is 2. The van der Waals surface area contributed by atoms with Gasteiger partial charge in [-0.2, -0.15) is 11.3 Å². The van der Waals surface area contributed by atoms with Gasteiger partial charge in [-0.05, 0) is 34.7 Å². The molecule has 0 aromatic carbocycles. The molecule has 0 aliphatic carbocycles. The lowest BCUT2D eigenvalue weighted by atomic mass is 10.0. The van der Waals surface area contributed by atoms with Gasteiger partial charge in [0.2, 0.25) is 0 Å². The van der Waals surface area contributed by atoms with Gasteiger partial charge in [-0.1, -0.05) is 13.8 Å². The molecule has 5 nitrogen and oxygen atoms in total. The molecule has 0 bridgehead atoms. The maximum absolute atomic E-state index is 11.6. The minimum atomic E-state index is -1.01. The first-order chi connectivity index (χ1) is 8.49. The van der Waals surface area contributed by atoms with Gasteiger partial charge in [-0.25, -0.2) is 9.59 Å². The number of carbonyl (C=O) groups is 2. The van der Waals surface area contributed by atoms with Gasteiger partial charge in [0.15, 0.2) is 0 Å². The van der Waals surface area contributed by atoms with Crippen molar-refractivity contribution in [2.75, 3.05) is 0 Å². The highest BCUT2D eigenvalue weighted by atomic mass is 32.1. The van der Waals surface area contributed by atoms with E-state index in [1.807, 2.05) is 30.7 Å². The summed E-state index contributed by atoms with van der Waals surface area (Å²) in [7, 11) is 0. The van der Waals surface area contributed by atoms with Crippen LogP contribution in [-0.2, 0) is 11.3 Å². The summed E-state index contributed by atoms with van der Waals surface area (Å²) < 4.78 is 0. The van der Waals surface area contributed by atoms with Crippen LogP contribution in [0.5, 0.6) is 0 Å². The number of urea groups is 1. The number of carboxylic acid groups (broad SMARTS) is 1. The van der Waals surface area contributed by atoms with Crippen molar-refractivity contribution >= 4 is 23.3 Å². The Morgan fingerprint density at radius 2 is 2.17 bits per heavy atom. The normalized spacial score (nSPS) is 12.2. The predicted molar refractivity (Wildman–Crippen MR) is 70.6 cm³/mol. The molecular formula is C12H18N2O3S. The fraction of sp³-hybridized carbons (Fsp3) is 0.500. The van der Waals surface area contributed by atoms with Crippen LogP contribution in [-0.4, -0.2) is 23.1 Å². The molecule has 1 heterocycles. The molecular weight excluding hydrogens is 252 g/mol. The van der Waals surface area contributed by atoms with Gasteiger partial charge in [0.05, 0.1) is 0 Å². The zero-order valence-electron chi connectivity index (χ0n) is 10.5. The lowest BCUT2D eigenvalue weighted by Crippen LogP contribution is -2.46. The highest BCUT2D eigenvalue weighted by molar-refractivity contribution is 7.07. The third-order valence-electron chi connectivity index (χ3n) is 2.34. The molecule has 2 amide bonds. The van der Waals surface area contributed by atoms with Crippen LogP contribution in [0.4, 0.5) is 4.79 Å². The molecule has 3 N–H and O–H groups in total. The lowest BCUT2D eigenvalue weighted by molar-refractivity contribution is -0.139. The maximum atomic E-state index is 11.6. The molecule has 1 aromatic heterocycles. The van der Waals surface area contributed by atoms with E-state index in [0.29, 0.717) is 13.0 Å². The molecule has 1 atom stereocenters. The SMILES string of the molecule is CC(C)C[C@@H](NC(=O)NCc1ccsc1)C(=O)O. The van der Waals surface area contributed by atoms with Crippen molar-refractivity contribution in [3.8, 4) is 0 Å². The first-order valence-corrected chi connectivity index (χ1v) is 6.71. The summed E-state index contributed by atoms with van der Waals surface area (Å²) in [6, 6.07) is 0.620. The maximum Gasteiger partial charge on any atom is 0.326 e. The van der Waals surface area contributed by atoms with Crippen LogP contribution in [0.15, 0.2) is 16.8 Å². The second-order valence-electron chi connectivity index (χ2n) is 4.48. The Bertz CT molecular complexity index is 390. The second-order valence-corrected chi connectivity index (χ2v) is 5.26. The molecule has 0 saturated carbocycles. The zero-order chi connectivity index (χ0) is 13.5. The van der Waals surface area contributed by atoms with Gasteiger partial charge in [0.1, 0.15) is 6.04 Å².